The quantitative estimate of drug-likeness (QED) is 0.808. The maximum atomic E-state index is 12.0. The van der Waals surface area contributed by atoms with Crippen LogP contribution < -0.4 is 5.73 Å². The summed E-state index contributed by atoms with van der Waals surface area (Å²) in [5, 5.41) is 1.05. The van der Waals surface area contributed by atoms with E-state index in [9.17, 15) is 9.59 Å². The predicted molar refractivity (Wildman–Crippen MR) is 76.3 cm³/mol. The molecule has 0 fully saturated rings. The van der Waals surface area contributed by atoms with E-state index in [2.05, 4.69) is 0 Å². The van der Waals surface area contributed by atoms with Crippen LogP contribution in [0.4, 0.5) is 0 Å². The van der Waals surface area contributed by atoms with Crippen LogP contribution >= 0.6 is 0 Å². The van der Waals surface area contributed by atoms with Crippen LogP contribution in [0.3, 0.4) is 0 Å². The van der Waals surface area contributed by atoms with Gasteiger partial charge in [-0.2, -0.15) is 5.06 Å². The molecule has 1 unspecified atom stereocenters. The van der Waals surface area contributed by atoms with Crippen molar-refractivity contribution < 1.29 is 14.4 Å². The molecule has 1 atom stereocenters. The Morgan fingerprint density at radius 3 is 2.50 bits per heavy atom. The zero-order chi connectivity index (χ0) is 15.0. The monoisotopic (exact) mass is 278 g/mol. The fraction of sp³-hybridized carbons (Fsp3) is 0.467. The van der Waals surface area contributed by atoms with E-state index >= 15 is 0 Å². The van der Waals surface area contributed by atoms with E-state index in [0.717, 1.165) is 23.5 Å². The minimum atomic E-state index is -0.710. The molecule has 0 aromatic heterocycles. The maximum absolute atomic E-state index is 12.0. The van der Waals surface area contributed by atoms with Gasteiger partial charge in [-0.15, -0.1) is 0 Å². The van der Waals surface area contributed by atoms with Crippen molar-refractivity contribution in [3.05, 3.63) is 35.9 Å². The highest BCUT2D eigenvalue weighted by molar-refractivity contribution is 5.82. The van der Waals surface area contributed by atoms with Crippen LogP contribution in [0.1, 0.15) is 38.7 Å². The molecule has 2 N–H and O–H groups in total. The molecule has 5 heteroatoms. The van der Waals surface area contributed by atoms with Gasteiger partial charge >= 0.3 is 5.97 Å². The number of hydroxylamine groups is 2. The molecule has 5 nitrogen and oxygen atoms in total. The van der Waals surface area contributed by atoms with Crippen molar-refractivity contribution in [2.45, 2.75) is 45.7 Å². The summed E-state index contributed by atoms with van der Waals surface area (Å²) in [7, 11) is 0. The number of hydrogen-bond donors (Lipinski definition) is 1. The lowest BCUT2D eigenvalue weighted by atomic mass is 10.2. The first-order valence-electron chi connectivity index (χ1n) is 6.86. The number of nitrogens with two attached hydrogens (primary N) is 1. The number of nitrogens with zero attached hydrogens (tertiary/aromatic N) is 1. The zero-order valence-corrected chi connectivity index (χ0v) is 12.0. The Morgan fingerprint density at radius 2 is 1.95 bits per heavy atom. The van der Waals surface area contributed by atoms with Gasteiger partial charge < -0.3 is 10.6 Å². The van der Waals surface area contributed by atoms with Gasteiger partial charge in [0.05, 0.1) is 12.6 Å². The van der Waals surface area contributed by atoms with Gasteiger partial charge in [0.1, 0.15) is 0 Å². The normalized spacial score (nSPS) is 11.8. The largest absolute Gasteiger partial charge is 0.338 e. The molecule has 1 aromatic carbocycles. The molecule has 110 valence electrons. The highest BCUT2D eigenvalue weighted by Crippen LogP contribution is 2.08. The Bertz CT molecular complexity index is 432. The lowest BCUT2D eigenvalue weighted by Crippen LogP contribution is -2.42. The summed E-state index contributed by atoms with van der Waals surface area (Å²) in [5.74, 6) is -0.810. The summed E-state index contributed by atoms with van der Waals surface area (Å²) in [6.45, 7) is 3.77. The smallest absolute Gasteiger partial charge is 0.332 e. The van der Waals surface area contributed by atoms with Crippen LogP contribution in [-0.2, 0) is 21.0 Å². The number of benzene rings is 1. The second-order valence-corrected chi connectivity index (χ2v) is 4.72. The molecule has 1 rings (SSSR count). The summed E-state index contributed by atoms with van der Waals surface area (Å²) in [6, 6.07) is 8.63. The molecule has 0 saturated carbocycles. The molecule has 0 aliphatic rings. The Balaban J connectivity index is 2.70. The van der Waals surface area contributed by atoms with E-state index < -0.39 is 17.9 Å². The van der Waals surface area contributed by atoms with Crippen LogP contribution in [0.2, 0.25) is 0 Å². The third kappa shape index (κ3) is 5.40. The SMILES string of the molecule is CCCCC(=O)ON(Cc1ccccc1)C(=O)C(C)N. The number of hydrogen-bond acceptors (Lipinski definition) is 4. The minimum absolute atomic E-state index is 0.207. The third-order valence-electron chi connectivity index (χ3n) is 2.75. The minimum Gasteiger partial charge on any atom is -0.338 e. The second-order valence-electron chi connectivity index (χ2n) is 4.72. The van der Waals surface area contributed by atoms with Crippen molar-refractivity contribution in [3.63, 3.8) is 0 Å². The summed E-state index contributed by atoms with van der Waals surface area (Å²) in [6.07, 6.45) is 1.94. The van der Waals surface area contributed by atoms with Gasteiger partial charge in [-0.3, -0.25) is 4.79 Å². The van der Waals surface area contributed by atoms with E-state index in [1.807, 2.05) is 37.3 Å². The van der Waals surface area contributed by atoms with Crippen molar-refractivity contribution in [2.75, 3.05) is 0 Å². The average molecular weight is 278 g/mol. The first-order chi connectivity index (χ1) is 9.54. The molecule has 0 spiro atoms. The number of amides is 1. The molecule has 0 bridgehead atoms. The molecular formula is C15H22N2O3. The van der Waals surface area contributed by atoms with E-state index in [1.54, 1.807) is 6.92 Å². The molecule has 0 radical (unpaired) electrons. The summed E-state index contributed by atoms with van der Waals surface area (Å²) in [5.41, 5.74) is 6.46. The Morgan fingerprint density at radius 1 is 1.30 bits per heavy atom. The van der Waals surface area contributed by atoms with Crippen molar-refractivity contribution >= 4 is 11.9 Å². The number of carbonyl (C=O) groups is 2. The fourth-order valence-corrected chi connectivity index (χ4v) is 1.62. The average Bonchev–Trinajstić information content (AvgIpc) is 2.44. The van der Waals surface area contributed by atoms with Crippen LogP contribution in [0, 0.1) is 0 Å². The molecule has 0 heterocycles. The summed E-state index contributed by atoms with van der Waals surface area (Å²) >= 11 is 0. The van der Waals surface area contributed by atoms with E-state index in [-0.39, 0.29) is 6.54 Å². The molecule has 20 heavy (non-hydrogen) atoms. The van der Waals surface area contributed by atoms with Crippen molar-refractivity contribution in [2.24, 2.45) is 5.73 Å². The van der Waals surface area contributed by atoms with Gasteiger partial charge in [0.2, 0.25) is 0 Å². The van der Waals surface area contributed by atoms with Gasteiger partial charge in [0, 0.05) is 6.42 Å². The van der Waals surface area contributed by atoms with Crippen molar-refractivity contribution in [1.82, 2.24) is 5.06 Å². The summed E-state index contributed by atoms with van der Waals surface area (Å²) in [4.78, 5) is 28.8. The highest BCUT2D eigenvalue weighted by Gasteiger charge is 2.22. The van der Waals surface area contributed by atoms with Crippen LogP contribution in [0.25, 0.3) is 0 Å². The standard InChI is InChI=1S/C15H22N2O3/c1-3-4-10-14(18)20-17(15(19)12(2)16)11-13-8-6-5-7-9-13/h5-9,12H,3-4,10-11,16H2,1-2H3. The lowest BCUT2D eigenvalue weighted by Gasteiger charge is -2.22. The Hall–Kier alpha value is -1.88. The van der Waals surface area contributed by atoms with Gasteiger partial charge in [-0.1, -0.05) is 43.7 Å². The molecule has 1 amide bonds. The van der Waals surface area contributed by atoms with Crippen molar-refractivity contribution in [3.8, 4) is 0 Å². The van der Waals surface area contributed by atoms with Gasteiger partial charge in [-0.05, 0) is 18.9 Å². The van der Waals surface area contributed by atoms with Crippen LogP contribution in [-0.4, -0.2) is 23.0 Å². The van der Waals surface area contributed by atoms with Crippen LogP contribution in [0.5, 0.6) is 0 Å². The van der Waals surface area contributed by atoms with Crippen molar-refractivity contribution in [1.29, 1.82) is 0 Å². The third-order valence-corrected chi connectivity index (χ3v) is 2.75. The molecule has 1 aromatic rings. The second kappa shape index (κ2) is 8.32. The molecule has 0 saturated heterocycles. The van der Waals surface area contributed by atoms with Gasteiger partial charge in [0.25, 0.3) is 5.91 Å². The Kier molecular flexibility index (Phi) is 6.73. The Labute approximate surface area is 119 Å². The number of rotatable bonds is 6. The first kappa shape index (κ1) is 16.2. The predicted octanol–water partition coefficient (Wildman–Crippen LogP) is 2.01. The maximum Gasteiger partial charge on any atom is 0.332 e. The van der Waals surface area contributed by atoms with E-state index in [0.29, 0.717) is 6.42 Å². The van der Waals surface area contributed by atoms with Gasteiger partial charge in [-0.25, -0.2) is 4.79 Å². The topological polar surface area (TPSA) is 72.6 Å². The number of unbranched alkanes of at least 4 members (excludes halogenated alkanes) is 1. The number of carbonyl (C=O) groups excluding carboxylic acids is 2. The summed E-state index contributed by atoms with van der Waals surface area (Å²) < 4.78 is 0. The first-order valence-corrected chi connectivity index (χ1v) is 6.86. The lowest BCUT2D eigenvalue weighted by molar-refractivity contribution is -0.201. The van der Waals surface area contributed by atoms with Crippen LogP contribution in [0.15, 0.2) is 30.3 Å². The molecule has 0 aliphatic heterocycles. The van der Waals surface area contributed by atoms with E-state index in [1.165, 1.54) is 0 Å². The fourth-order valence-electron chi connectivity index (χ4n) is 1.62. The molecular weight excluding hydrogens is 256 g/mol. The highest BCUT2D eigenvalue weighted by atomic mass is 16.7. The van der Waals surface area contributed by atoms with E-state index in [4.69, 9.17) is 10.6 Å². The zero-order valence-electron chi connectivity index (χ0n) is 12.0. The molecule has 0 aliphatic carbocycles. The van der Waals surface area contributed by atoms with Gasteiger partial charge in [0.15, 0.2) is 0 Å².